The third-order valence-electron chi connectivity index (χ3n) is 2.28. The van der Waals surface area contributed by atoms with Crippen LogP contribution in [0.15, 0.2) is 42.7 Å². The SMILES string of the molecule is N#Cc1ccncc1OCc1ccc(N)cc1. The van der Waals surface area contributed by atoms with E-state index < -0.39 is 0 Å². The van der Waals surface area contributed by atoms with Crippen LogP contribution < -0.4 is 10.5 Å². The Kier molecular flexibility index (Phi) is 3.22. The van der Waals surface area contributed by atoms with E-state index in [4.69, 9.17) is 15.7 Å². The predicted molar refractivity (Wildman–Crippen MR) is 64.1 cm³/mol. The number of benzene rings is 1. The Labute approximate surface area is 99.3 Å². The number of pyridine rings is 1. The van der Waals surface area contributed by atoms with E-state index in [9.17, 15) is 0 Å². The van der Waals surface area contributed by atoms with Gasteiger partial charge in [-0.15, -0.1) is 0 Å². The van der Waals surface area contributed by atoms with Crippen molar-refractivity contribution < 1.29 is 4.74 Å². The van der Waals surface area contributed by atoms with Gasteiger partial charge in [-0.05, 0) is 23.8 Å². The van der Waals surface area contributed by atoms with Crippen LogP contribution in [0.5, 0.6) is 5.75 Å². The summed E-state index contributed by atoms with van der Waals surface area (Å²) in [6, 6.07) is 11.1. The molecule has 0 atom stereocenters. The molecule has 0 fully saturated rings. The standard InChI is InChI=1S/C13H11N3O/c14-7-11-5-6-16-8-13(11)17-9-10-1-3-12(15)4-2-10/h1-6,8H,9,15H2. The number of rotatable bonds is 3. The molecule has 0 amide bonds. The third kappa shape index (κ3) is 2.73. The first kappa shape index (κ1) is 11.0. The minimum Gasteiger partial charge on any atom is -0.486 e. The maximum atomic E-state index is 8.88. The Morgan fingerprint density at radius 2 is 2.00 bits per heavy atom. The quantitative estimate of drug-likeness (QED) is 0.812. The van der Waals surface area contributed by atoms with Crippen LogP contribution in [0.2, 0.25) is 0 Å². The molecule has 17 heavy (non-hydrogen) atoms. The van der Waals surface area contributed by atoms with Gasteiger partial charge in [0.1, 0.15) is 12.7 Å². The van der Waals surface area contributed by atoms with Gasteiger partial charge in [-0.2, -0.15) is 5.26 Å². The largest absolute Gasteiger partial charge is 0.486 e. The average molecular weight is 225 g/mol. The Morgan fingerprint density at radius 3 is 2.71 bits per heavy atom. The highest BCUT2D eigenvalue weighted by molar-refractivity contribution is 5.41. The highest BCUT2D eigenvalue weighted by atomic mass is 16.5. The number of hydrogen-bond donors (Lipinski definition) is 1. The van der Waals surface area contributed by atoms with Crippen molar-refractivity contribution in [3.05, 3.63) is 53.9 Å². The number of nitriles is 1. The van der Waals surface area contributed by atoms with E-state index in [0.717, 1.165) is 5.56 Å². The average Bonchev–Trinajstić information content (AvgIpc) is 2.38. The van der Waals surface area contributed by atoms with Crippen LogP contribution in [0.25, 0.3) is 0 Å². The smallest absolute Gasteiger partial charge is 0.155 e. The molecule has 0 bridgehead atoms. The molecule has 1 heterocycles. The molecule has 0 saturated heterocycles. The summed E-state index contributed by atoms with van der Waals surface area (Å²) in [7, 11) is 0. The highest BCUT2D eigenvalue weighted by Gasteiger charge is 2.02. The summed E-state index contributed by atoms with van der Waals surface area (Å²) >= 11 is 0. The molecule has 4 nitrogen and oxygen atoms in total. The molecule has 2 aromatic rings. The fourth-order valence-corrected chi connectivity index (χ4v) is 1.36. The topological polar surface area (TPSA) is 71.9 Å². The molecule has 0 spiro atoms. The van der Waals surface area contributed by atoms with Crippen molar-refractivity contribution >= 4 is 5.69 Å². The van der Waals surface area contributed by atoms with Crippen molar-refractivity contribution in [2.75, 3.05) is 5.73 Å². The molecule has 1 aromatic carbocycles. The first-order chi connectivity index (χ1) is 8.29. The number of ether oxygens (including phenoxy) is 1. The third-order valence-corrected chi connectivity index (χ3v) is 2.28. The fraction of sp³-hybridized carbons (Fsp3) is 0.0769. The monoisotopic (exact) mass is 225 g/mol. The van der Waals surface area contributed by atoms with E-state index in [1.165, 1.54) is 6.20 Å². The van der Waals surface area contributed by atoms with Crippen LogP contribution in [0, 0.1) is 11.3 Å². The van der Waals surface area contributed by atoms with Gasteiger partial charge in [0.25, 0.3) is 0 Å². The number of nitrogen functional groups attached to an aromatic ring is 1. The number of hydrogen-bond acceptors (Lipinski definition) is 4. The molecular weight excluding hydrogens is 214 g/mol. The zero-order valence-electron chi connectivity index (χ0n) is 9.13. The molecule has 0 aliphatic rings. The Morgan fingerprint density at radius 1 is 1.24 bits per heavy atom. The van der Waals surface area contributed by atoms with E-state index in [2.05, 4.69) is 11.1 Å². The van der Waals surface area contributed by atoms with E-state index >= 15 is 0 Å². The lowest BCUT2D eigenvalue weighted by Gasteiger charge is -2.07. The molecule has 84 valence electrons. The molecule has 2 N–H and O–H groups in total. The van der Waals surface area contributed by atoms with E-state index in [0.29, 0.717) is 23.6 Å². The van der Waals surface area contributed by atoms with Crippen LogP contribution in [0.1, 0.15) is 11.1 Å². The van der Waals surface area contributed by atoms with Gasteiger partial charge in [0.05, 0.1) is 11.8 Å². The predicted octanol–water partition coefficient (Wildman–Crippen LogP) is 2.11. The lowest BCUT2D eigenvalue weighted by Crippen LogP contribution is -1.98. The van der Waals surface area contributed by atoms with Crippen LogP contribution in [-0.4, -0.2) is 4.98 Å². The maximum Gasteiger partial charge on any atom is 0.155 e. The van der Waals surface area contributed by atoms with Crippen molar-refractivity contribution in [1.82, 2.24) is 4.98 Å². The highest BCUT2D eigenvalue weighted by Crippen LogP contribution is 2.17. The van der Waals surface area contributed by atoms with Crippen molar-refractivity contribution in [1.29, 1.82) is 5.26 Å². The first-order valence-electron chi connectivity index (χ1n) is 5.11. The molecule has 0 radical (unpaired) electrons. The van der Waals surface area contributed by atoms with Gasteiger partial charge >= 0.3 is 0 Å². The second-order valence-corrected chi connectivity index (χ2v) is 3.51. The summed E-state index contributed by atoms with van der Waals surface area (Å²) in [5.41, 5.74) is 7.78. The Bertz CT molecular complexity index is 543. The van der Waals surface area contributed by atoms with Crippen molar-refractivity contribution in [2.45, 2.75) is 6.61 Å². The summed E-state index contributed by atoms with van der Waals surface area (Å²) in [4.78, 5) is 3.92. The van der Waals surface area contributed by atoms with Gasteiger partial charge in [-0.3, -0.25) is 4.98 Å². The first-order valence-corrected chi connectivity index (χ1v) is 5.11. The summed E-state index contributed by atoms with van der Waals surface area (Å²) < 4.78 is 5.53. The van der Waals surface area contributed by atoms with E-state index in [1.807, 2.05) is 24.3 Å². The van der Waals surface area contributed by atoms with Crippen LogP contribution >= 0.6 is 0 Å². The Balaban J connectivity index is 2.08. The van der Waals surface area contributed by atoms with Crippen LogP contribution in [0.3, 0.4) is 0 Å². The molecule has 1 aromatic heterocycles. The maximum absolute atomic E-state index is 8.88. The minimum atomic E-state index is 0.390. The normalized spacial score (nSPS) is 9.59. The molecular formula is C13H11N3O. The molecule has 0 saturated carbocycles. The number of nitrogens with two attached hydrogens (primary N) is 1. The molecule has 2 rings (SSSR count). The van der Waals surface area contributed by atoms with Crippen LogP contribution in [0.4, 0.5) is 5.69 Å². The van der Waals surface area contributed by atoms with Gasteiger partial charge in [0, 0.05) is 11.9 Å². The summed E-state index contributed by atoms with van der Waals surface area (Å²) in [5.74, 6) is 0.492. The molecule has 0 unspecified atom stereocenters. The molecule has 4 heteroatoms. The van der Waals surface area contributed by atoms with Gasteiger partial charge in [0.2, 0.25) is 0 Å². The molecule has 0 aliphatic carbocycles. The van der Waals surface area contributed by atoms with Gasteiger partial charge in [-0.25, -0.2) is 0 Å². The van der Waals surface area contributed by atoms with Crippen molar-refractivity contribution in [3.8, 4) is 11.8 Å². The fourth-order valence-electron chi connectivity index (χ4n) is 1.36. The zero-order valence-corrected chi connectivity index (χ0v) is 9.13. The van der Waals surface area contributed by atoms with Crippen LogP contribution in [-0.2, 0) is 6.61 Å². The van der Waals surface area contributed by atoms with E-state index in [-0.39, 0.29) is 0 Å². The summed E-state index contributed by atoms with van der Waals surface area (Å²) in [6.07, 6.45) is 3.10. The second-order valence-electron chi connectivity index (χ2n) is 3.51. The number of anilines is 1. The van der Waals surface area contributed by atoms with E-state index in [1.54, 1.807) is 12.3 Å². The van der Waals surface area contributed by atoms with Gasteiger partial charge in [-0.1, -0.05) is 12.1 Å². The van der Waals surface area contributed by atoms with Crippen molar-refractivity contribution in [3.63, 3.8) is 0 Å². The summed E-state index contributed by atoms with van der Waals surface area (Å²) in [6.45, 7) is 0.390. The molecule has 0 aliphatic heterocycles. The lowest BCUT2D eigenvalue weighted by molar-refractivity contribution is 0.304. The Hall–Kier alpha value is -2.54. The second kappa shape index (κ2) is 4.99. The number of aromatic nitrogens is 1. The summed E-state index contributed by atoms with van der Waals surface area (Å²) in [5, 5.41) is 8.88. The number of nitrogens with zero attached hydrogens (tertiary/aromatic N) is 2. The lowest BCUT2D eigenvalue weighted by atomic mass is 10.2. The van der Waals surface area contributed by atoms with Crippen molar-refractivity contribution in [2.24, 2.45) is 0 Å². The van der Waals surface area contributed by atoms with Gasteiger partial charge in [0.15, 0.2) is 5.75 Å². The minimum absolute atomic E-state index is 0.390. The van der Waals surface area contributed by atoms with Gasteiger partial charge < -0.3 is 10.5 Å². The zero-order chi connectivity index (χ0) is 12.1.